The van der Waals surface area contributed by atoms with E-state index in [1.54, 1.807) is 0 Å². The fourth-order valence-corrected chi connectivity index (χ4v) is 2.07. The molecule has 0 rings (SSSR count). The van der Waals surface area contributed by atoms with Crippen molar-refractivity contribution in [3.8, 4) is 0 Å². The number of nitrogens with one attached hydrogen (secondary N) is 1. The Morgan fingerprint density at radius 2 is 1.59 bits per heavy atom. The molecule has 2 atom stereocenters. The van der Waals surface area contributed by atoms with Crippen LogP contribution >= 0.6 is 0 Å². The number of hydrogen-bond donors (Lipinski definition) is 1. The molecule has 3 heteroatoms. The molecule has 0 fully saturated rings. The highest BCUT2D eigenvalue weighted by Crippen LogP contribution is 2.09. The Hall–Kier alpha value is -0.120. The van der Waals surface area contributed by atoms with Crippen molar-refractivity contribution in [2.24, 2.45) is 5.92 Å². The van der Waals surface area contributed by atoms with Crippen molar-refractivity contribution in [1.29, 1.82) is 0 Å². The van der Waals surface area contributed by atoms with Crippen molar-refractivity contribution in [3.05, 3.63) is 0 Å². The zero-order chi connectivity index (χ0) is 13.4. The smallest absolute Gasteiger partial charge is 0.0112 e. The Balaban J connectivity index is 4.23. The first-order valence-corrected chi connectivity index (χ1v) is 6.92. The molecule has 0 saturated heterocycles. The average Bonchev–Trinajstić information content (AvgIpc) is 2.22. The third-order valence-corrected chi connectivity index (χ3v) is 3.24. The summed E-state index contributed by atoms with van der Waals surface area (Å²) in [7, 11) is 6.34. The van der Waals surface area contributed by atoms with Crippen LogP contribution in [0.15, 0.2) is 0 Å². The zero-order valence-electron chi connectivity index (χ0n) is 13.0. The van der Waals surface area contributed by atoms with Gasteiger partial charge >= 0.3 is 0 Å². The molecule has 0 radical (unpaired) electrons. The van der Waals surface area contributed by atoms with Crippen LogP contribution in [0.3, 0.4) is 0 Å². The minimum Gasteiger partial charge on any atom is -0.317 e. The van der Waals surface area contributed by atoms with Crippen molar-refractivity contribution in [2.75, 3.05) is 40.8 Å². The van der Waals surface area contributed by atoms with E-state index >= 15 is 0 Å². The van der Waals surface area contributed by atoms with Crippen LogP contribution in [-0.2, 0) is 0 Å². The molecule has 1 N–H and O–H groups in total. The molecule has 104 valence electrons. The Bertz CT molecular complexity index is 180. The van der Waals surface area contributed by atoms with Crippen LogP contribution < -0.4 is 5.32 Å². The summed E-state index contributed by atoms with van der Waals surface area (Å²) in [6, 6.07) is 1.25. The summed E-state index contributed by atoms with van der Waals surface area (Å²) < 4.78 is 0. The molecule has 0 aromatic carbocycles. The maximum atomic E-state index is 3.33. The lowest BCUT2D eigenvalue weighted by atomic mass is 10.1. The highest BCUT2D eigenvalue weighted by Gasteiger charge is 2.17. The van der Waals surface area contributed by atoms with E-state index in [2.05, 4.69) is 56.9 Å². The molecule has 0 aromatic heterocycles. The van der Waals surface area contributed by atoms with E-state index in [0.29, 0.717) is 12.1 Å². The van der Waals surface area contributed by atoms with E-state index in [9.17, 15) is 0 Å². The highest BCUT2D eigenvalue weighted by molar-refractivity contribution is 4.74. The van der Waals surface area contributed by atoms with E-state index in [0.717, 1.165) is 12.5 Å². The van der Waals surface area contributed by atoms with Gasteiger partial charge in [0, 0.05) is 31.7 Å². The Labute approximate surface area is 109 Å². The molecule has 0 heterocycles. The number of likely N-dealkylation sites (N-methyl/N-ethyl adjacent to an activating group) is 1. The lowest BCUT2D eigenvalue weighted by molar-refractivity contribution is 0.156. The normalized spacial score (nSPS) is 15.9. The van der Waals surface area contributed by atoms with Crippen LogP contribution in [0.1, 0.15) is 34.1 Å². The van der Waals surface area contributed by atoms with Gasteiger partial charge in [0.05, 0.1) is 0 Å². The molecule has 2 unspecified atom stereocenters. The van der Waals surface area contributed by atoms with Gasteiger partial charge in [0.15, 0.2) is 0 Å². The minimum absolute atomic E-state index is 0.596. The van der Waals surface area contributed by atoms with Crippen LogP contribution in [0.25, 0.3) is 0 Å². The monoisotopic (exact) mass is 243 g/mol. The topological polar surface area (TPSA) is 18.5 Å². The first-order valence-electron chi connectivity index (χ1n) is 6.92. The number of rotatable bonds is 9. The molecular formula is C14H33N3. The number of nitrogens with zero attached hydrogens (tertiary/aromatic N) is 2. The molecule has 17 heavy (non-hydrogen) atoms. The minimum atomic E-state index is 0.596. The van der Waals surface area contributed by atoms with Gasteiger partial charge in [0.25, 0.3) is 0 Å². The summed E-state index contributed by atoms with van der Waals surface area (Å²) in [5, 5.41) is 3.33. The van der Waals surface area contributed by atoms with Gasteiger partial charge < -0.3 is 10.2 Å². The predicted molar refractivity (Wildman–Crippen MR) is 77.6 cm³/mol. The van der Waals surface area contributed by atoms with Crippen LogP contribution in [0.2, 0.25) is 0 Å². The van der Waals surface area contributed by atoms with Gasteiger partial charge in [-0.3, -0.25) is 4.90 Å². The highest BCUT2D eigenvalue weighted by atomic mass is 15.2. The fourth-order valence-electron chi connectivity index (χ4n) is 2.07. The van der Waals surface area contributed by atoms with Gasteiger partial charge in [-0.2, -0.15) is 0 Å². The molecule has 0 aliphatic rings. The van der Waals surface area contributed by atoms with E-state index in [-0.39, 0.29) is 0 Å². The zero-order valence-corrected chi connectivity index (χ0v) is 13.0. The van der Waals surface area contributed by atoms with E-state index < -0.39 is 0 Å². The predicted octanol–water partition coefficient (Wildman–Crippen LogP) is 1.89. The SMILES string of the molecule is CNC(C)CC(C)N(CCN(C)C)CC(C)C. The van der Waals surface area contributed by atoms with Gasteiger partial charge in [-0.25, -0.2) is 0 Å². The van der Waals surface area contributed by atoms with Crippen LogP contribution in [-0.4, -0.2) is 62.7 Å². The summed E-state index contributed by atoms with van der Waals surface area (Å²) >= 11 is 0. The second-order valence-electron chi connectivity index (χ2n) is 5.97. The standard InChI is InChI=1S/C14H33N3/c1-12(2)11-17(9-8-16(6)7)14(4)10-13(3)15-5/h12-15H,8-11H2,1-7H3. The molecule has 0 aromatic rings. The molecule has 0 saturated carbocycles. The fraction of sp³-hybridized carbons (Fsp3) is 1.00. The van der Waals surface area contributed by atoms with E-state index in [4.69, 9.17) is 0 Å². The van der Waals surface area contributed by atoms with Gasteiger partial charge in [0.2, 0.25) is 0 Å². The Morgan fingerprint density at radius 3 is 2.00 bits per heavy atom. The van der Waals surface area contributed by atoms with Crippen LogP contribution in [0, 0.1) is 5.92 Å². The average molecular weight is 243 g/mol. The summed E-state index contributed by atoms with van der Waals surface area (Å²) in [6.07, 6.45) is 1.22. The molecule has 3 nitrogen and oxygen atoms in total. The van der Waals surface area contributed by atoms with Crippen LogP contribution in [0.5, 0.6) is 0 Å². The summed E-state index contributed by atoms with van der Waals surface area (Å²) in [5.41, 5.74) is 0. The van der Waals surface area contributed by atoms with Crippen molar-refractivity contribution in [3.63, 3.8) is 0 Å². The molecule has 0 amide bonds. The molecule has 0 spiro atoms. The lowest BCUT2D eigenvalue weighted by Crippen LogP contribution is -2.43. The van der Waals surface area contributed by atoms with Crippen molar-refractivity contribution in [2.45, 2.75) is 46.2 Å². The summed E-state index contributed by atoms with van der Waals surface area (Å²) in [6.45, 7) is 12.7. The van der Waals surface area contributed by atoms with Crippen molar-refractivity contribution < 1.29 is 0 Å². The van der Waals surface area contributed by atoms with Gasteiger partial charge in [-0.1, -0.05) is 13.8 Å². The maximum Gasteiger partial charge on any atom is 0.0112 e. The molecule has 0 aliphatic carbocycles. The third kappa shape index (κ3) is 8.58. The Morgan fingerprint density at radius 1 is 1.00 bits per heavy atom. The van der Waals surface area contributed by atoms with Gasteiger partial charge in [-0.05, 0) is 47.3 Å². The van der Waals surface area contributed by atoms with Gasteiger partial charge in [0.1, 0.15) is 0 Å². The summed E-state index contributed by atoms with van der Waals surface area (Å²) in [4.78, 5) is 4.89. The first kappa shape index (κ1) is 16.9. The maximum absolute atomic E-state index is 3.33. The second kappa shape index (κ2) is 8.90. The first-order chi connectivity index (χ1) is 7.86. The van der Waals surface area contributed by atoms with Crippen molar-refractivity contribution in [1.82, 2.24) is 15.1 Å². The van der Waals surface area contributed by atoms with Crippen molar-refractivity contribution >= 4 is 0 Å². The largest absolute Gasteiger partial charge is 0.317 e. The Kier molecular flexibility index (Phi) is 8.83. The van der Waals surface area contributed by atoms with E-state index in [1.807, 2.05) is 7.05 Å². The lowest BCUT2D eigenvalue weighted by Gasteiger charge is -2.33. The van der Waals surface area contributed by atoms with E-state index in [1.165, 1.54) is 19.5 Å². The molecule has 0 bridgehead atoms. The quantitative estimate of drug-likeness (QED) is 0.667. The second-order valence-corrected chi connectivity index (χ2v) is 5.97. The van der Waals surface area contributed by atoms with Gasteiger partial charge in [-0.15, -0.1) is 0 Å². The molecule has 0 aliphatic heterocycles. The number of hydrogen-bond acceptors (Lipinski definition) is 3. The molecular weight excluding hydrogens is 210 g/mol. The van der Waals surface area contributed by atoms with Crippen LogP contribution in [0.4, 0.5) is 0 Å². The summed E-state index contributed by atoms with van der Waals surface area (Å²) in [5.74, 6) is 0.740. The third-order valence-electron chi connectivity index (χ3n) is 3.24.